The highest BCUT2D eigenvalue weighted by atomic mass is 16.6. The predicted octanol–water partition coefficient (Wildman–Crippen LogP) is 3.69. The van der Waals surface area contributed by atoms with Crippen LogP contribution in [-0.4, -0.2) is 23.9 Å². The van der Waals surface area contributed by atoms with E-state index >= 15 is 0 Å². The van der Waals surface area contributed by atoms with Crippen molar-refractivity contribution in [2.75, 3.05) is 0 Å². The van der Waals surface area contributed by atoms with Crippen LogP contribution in [0.1, 0.15) is 35.1 Å². The molecule has 8 nitrogen and oxygen atoms in total. The molecule has 0 fully saturated rings. The molecule has 0 radical (unpaired) electrons. The van der Waals surface area contributed by atoms with Gasteiger partial charge in [0.2, 0.25) is 0 Å². The van der Waals surface area contributed by atoms with Gasteiger partial charge in [-0.25, -0.2) is 0 Å². The number of ether oxygens (including phenoxy) is 4. The van der Waals surface area contributed by atoms with Crippen LogP contribution in [0.25, 0.3) is 0 Å². The lowest BCUT2D eigenvalue weighted by Crippen LogP contribution is -2.17. The maximum atomic E-state index is 12.5. The molecular weight excluding hydrogens is 464 g/mol. The summed E-state index contributed by atoms with van der Waals surface area (Å²) in [6.45, 7) is 0. The van der Waals surface area contributed by atoms with Crippen molar-refractivity contribution >= 4 is 23.9 Å². The summed E-state index contributed by atoms with van der Waals surface area (Å²) >= 11 is 0. The lowest BCUT2D eigenvalue weighted by molar-refractivity contribution is -0.136. The van der Waals surface area contributed by atoms with Crippen molar-refractivity contribution in [2.24, 2.45) is 0 Å². The van der Waals surface area contributed by atoms with E-state index in [0.29, 0.717) is 59.8 Å². The van der Waals surface area contributed by atoms with Crippen LogP contribution in [0.15, 0.2) is 60.7 Å². The minimum absolute atomic E-state index is 0.00402. The summed E-state index contributed by atoms with van der Waals surface area (Å²) in [6.07, 6.45) is 1.85. The lowest BCUT2D eigenvalue weighted by atomic mass is 10.1. The molecule has 0 spiro atoms. The van der Waals surface area contributed by atoms with Crippen molar-refractivity contribution in [2.45, 2.75) is 38.5 Å². The largest absolute Gasteiger partial charge is 0.426 e. The third kappa shape index (κ3) is 5.60. The Kier molecular flexibility index (Phi) is 6.49. The van der Waals surface area contributed by atoms with Crippen molar-refractivity contribution in [1.29, 1.82) is 0 Å². The number of carbonyl (C=O) groups excluding carboxylic acids is 4. The van der Waals surface area contributed by atoms with Crippen molar-refractivity contribution in [1.82, 2.24) is 0 Å². The molecule has 182 valence electrons. The second-order valence-corrected chi connectivity index (χ2v) is 8.61. The smallest absolute Gasteiger partial charge is 0.315 e. The summed E-state index contributed by atoms with van der Waals surface area (Å²) in [6, 6.07) is 17.0. The zero-order valence-electron chi connectivity index (χ0n) is 19.3. The number of rotatable bonds is 6. The first kappa shape index (κ1) is 23.3. The molecule has 3 aromatic rings. The van der Waals surface area contributed by atoms with Gasteiger partial charge in [0.05, 0.1) is 25.7 Å². The van der Waals surface area contributed by atoms with Crippen LogP contribution in [0.3, 0.4) is 0 Å². The van der Waals surface area contributed by atoms with E-state index in [1.165, 1.54) is 0 Å². The van der Waals surface area contributed by atoms with E-state index in [-0.39, 0.29) is 24.8 Å². The maximum absolute atomic E-state index is 12.5. The number of benzene rings is 3. The Morgan fingerprint density at radius 1 is 0.639 bits per heavy atom. The molecule has 0 aliphatic carbocycles. The average molecular weight is 486 g/mol. The van der Waals surface area contributed by atoms with Crippen molar-refractivity contribution < 1.29 is 38.1 Å². The Morgan fingerprint density at radius 3 is 1.58 bits per heavy atom. The third-order valence-corrected chi connectivity index (χ3v) is 5.87. The fourth-order valence-electron chi connectivity index (χ4n) is 4.14. The molecule has 2 heterocycles. The first-order chi connectivity index (χ1) is 17.4. The molecule has 0 atom stereocenters. The average Bonchev–Trinajstić information content (AvgIpc) is 2.83. The Bertz CT molecular complexity index is 1270. The minimum atomic E-state index is -0.486. The van der Waals surface area contributed by atoms with Crippen LogP contribution in [-0.2, 0) is 44.9 Å². The van der Waals surface area contributed by atoms with E-state index in [1.807, 2.05) is 0 Å². The van der Waals surface area contributed by atoms with Gasteiger partial charge in [0.25, 0.3) is 0 Å². The van der Waals surface area contributed by atoms with Crippen LogP contribution < -0.4 is 18.9 Å². The SMILES string of the molecule is O=C(Cc1cccc(CC(=O)Oc2ccc3c(c2)OC(=O)CC3)c1)Oc1ccc2c(c1)OC(=O)CC2. The number of hydrogen-bond acceptors (Lipinski definition) is 8. The summed E-state index contributed by atoms with van der Waals surface area (Å²) in [4.78, 5) is 47.9. The highest BCUT2D eigenvalue weighted by Crippen LogP contribution is 2.31. The molecule has 8 heteroatoms. The van der Waals surface area contributed by atoms with Crippen molar-refractivity contribution in [3.63, 3.8) is 0 Å². The summed E-state index contributed by atoms with van der Waals surface area (Å²) < 4.78 is 21.2. The molecule has 0 bridgehead atoms. The quantitative estimate of drug-likeness (QED) is 0.384. The first-order valence-corrected chi connectivity index (χ1v) is 11.6. The molecule has 0 saturated carbocycles. The van der Waals surface area contributed by atoms with Crippen LogP contribution in [0.5, 0.6) is 23.0 Å². The molecule has 0 unspecified atom stereocenters. The molecule has 2 aliphatic rings. The molecule has 36 heavy (non-hydrogen) atoms. The molecule has 2 aliphatic heterocycles. The van der Waals surface area contributed by atoms with Gasteiger partial charge in [-0.3, -0.25) is 19.2 Å². The first-order valence-electron chi connectivity index (χ1n) is 11.6. The fraction of sp³-hybridized carbons (Fsp3) is 0.214. The van der Waals surface area contributed by atoms with E-state index in [1.54, 1.807) is 60.7 Å². The third-order valence-electron chi connectivity index (χ3n) is 5.87. The number of fused-ring (bicyclic) bond motifs is 2. The summed E-state index contributed by atoms with van der Waals surface area (Å²) in [5, 5.41) is 0. The monoisotopic (exact) mass is 486 g/mol. The summed E-state index contributed by atoms with van der Waals surface area (Å²) in [5.74, 6) is -0.176. The molecule has 0 amide bonds. The second kappa shape index (κ2) is 10.0. The van der Waals surface area contributed by atoms with Gasteiger partial charge in [-0.2, -0.15) is 0 Å². The van der Waals surface area contributed by atoms with Gasteiger partial charge < -0.3 is 18.9 Å². The second-order valence-electron chi connectivity index (χ2n) is 8.61. The van der Waals surface area contributed by atoms with E-state index in [9.17, 15) is 19.2 Å². The number of aryl methyl sites for hydroxylation is 2. The normalized spacial score (nSPS) is 14.1. The van der Waals surface area contributed by atoms with Gasteiger partial charge in [0.1, 0.15) is 23.0 Å². The molecular formula is C28H22O8. The Hall–Kier alpha value is -4.46. The van der Waals surface area contributed by atoms with Crippen molar-refractivity contribution in [3.8, 4) is 23.0 Å². The van der Waals surface area contributed by atoms with E-state index in [4.69, 9.17) is 18.9 Å². The topological polar surface area (TPSA) is 105 Å². The maximum Gasteiger partial charge on any atom is 0.315 e. The number of carbonyl (C=O) groups is 4. The summed E-state index contributed by atoms with van der Waals surface area (Å²) in [7, 11) is 0. The predicted molar refractivity (Wildman–Crippen MR) is 126 cm³/mol. The molecule has 5 rings (SSSR count). The van der Waals surface area contributed by atoms with Crippen LogP contribution >= 0.6 is 0 Å². The van der Waals surface area contributed by atoms with Gasteiger partial charge in [0, 0.05) is 12.1 Å². The highest BCUT2D eigenvalue weighted by Gasteiger charge is 2.20. The Labute approximate surface area is 206 Å². The Balaban J connectivity index is 1.18. The number of esters is 4. The Morgan fingerprint density at radius 2 is 1.11 bits per heavy atom. The molecule has 0 aromatic heterocycles. The number of hydrogen-bond donors (Lipinski definition) is 0. The zero-order chi connectivity index (χ0) is 25.1. The van der Waals surface area contributed by atoms with Crippen molar-refractivity contribution in [3.05, 3.63) is 82.9 Å². The van der Waals surface area contributed by atoms with Gasteiger partial charge in [-0.1, -0.05) is 36.4 Å². The minimum Gasteiger partial charge on any atom is -0.426 e. The highest BCUT2D eigenvalue weighted by molar-refractivity contribution is 5.79. The van der Waals surface area contributed by atoms with Crippen LogP contribution in [0, 0.1) is 0 Å². The molecule has 0 N–H and O–H groups in total. The standard InChI is InChI=1S/C28H22O8/c29-25-10-6-19-4-8-21(15-23(19)35-25)33-27(31)13-17-2-1-3-18(12-17)14-28(32)34-22-9-5-20-7-11-26(30)36-24(20)16-22/h1-5,8-9,12,15-16H,6-7,10-11,13-14H2. The summed E-state index contributed by atoms with van der Waals surface area (Å²) in [5.41, 5.74) is 3.14. The fourth-order valence-corrected chi connectivity index (χ4v) is 4.14. The molecule has 3 aromatic carbocycles. The van der Waals surface area contributed by atoms with Gasteiger partial charge >= 0.3 is 23.9 Å². The van der Waals surface area contributed by atoms with Crippen LogP contribution in [0.4, 0.5) is 0 Å². The van der Waals surface area contributed by atoms with E-state index in [2.05, 4.69) is 0 Å². The van der Waals surface area contributed by atoms with Gasteiger partial charge in [-0.05, 0) is 47.2 Å². The molecule has 0 saturated heterocycles. The lowest BCUT2D eigenvalue weighted by Gasteiger charge is -2.16. The van der Waals surface area contributed by atoms with E-state index in [0.717, 1.165) is 11.1 Å². The van der Waals surface area contributed by atoms with E-state index < -0.39 is 11.9 Å². The van der Waals surface area contributed by atoms with Crippen LogP contribution in [0.2, 0.25) is 0 Å². The van der Waals surface area contributed by atoms with Gasteiger partial charge in [0.15, 0.2) is 0 Å². The van der Waals surface area contributed by atoms with Gasteiger partial charge in [-0.15, -0.1) is 0 Å². The zero-order valence-corrected chi connectivity index (χ0v) is 19.3.